The van der Waals surface area contributed by atoms with Gasteiger partial charge in [-0.2, -0.15) is 4.99 Å². The first-order valence-corrected chi connectivity index (χ1v) is 4.27. The average Bonchev–Trinajstić information content (AvgIpc) is 2.80. The van der Waals surface area contributed by atoms with Crippen molar-refractivity contribution < 1.29 is 9.59 Å². The zero-order chi connectivity index (χ0) is 9.14. The number of ketones is 1. The lowest BCUT2D eigenvalue weighted by atomic mass is 9.98. The summed E-state index contributed by atoms with van der Waals surface area (Å²) < 4.78 is 0. The summed E-state index contributed by atoms with van der Waals surface area (Å²) in [6.45, 7) is 3.79. The first-order chi connectivity index (χ1) is 5.66. The monoisotopic (exact) mass is 167 g/mol. The lowest BCUT2D eigenvalue weighted by Crippen LogP contribution is -2.25. The molecule has 12 heavy (non-hydrogen) atoms. The zero-order valence-electron chi connectivity index (χ0n) is 7.41. The van der Waals surface area contributed by atoms with E-state index in [0.29, 0.717) is 0 Å². The van der Waals surface area contributed by atoms with Crippen molar-refractivity contribution >= 4 is 11.9 Å². The minimum Gasteiger partial charge on any atom is -0.297 e. The van der Waals surface area contributed by atoms with Gasteiger partial charge in [-0.3, -0.25) is 4.79 Å². The Morgan fingerprint density at radius 3 is 2.42 bits per heavy atom. The second-order valence-electron chi connectivity index (χ2n) is 3.59. The fourth-order valence-corrected chi connectivity index (χ4v) is 1.21. The van der Waals surface area contributed by atoms with Crippen LogP contribution in [-0.2, 0) is 9.59 Å². The molecule has 0 aromatic heterocycles. The number of carbonyl (C=O) groups excluding carboxylic acids is 2. The highest BCUT2D eigenvalue weighted by Gasteiger charge is 2.35. The van der Waals surface area contributed by atoms with E-state index in [2.05, 4.69) is 4.99 Å². The van der Waals surface area contributed by atoms with Gasteiger partial charge in [-0.05, 0) is 18.8 Å². The highest BCUT2D eigenvalue weighted by atomic mass is 16.1. The quantitative estimate of drug-likeness (QED) is 0.468. The minimum absolute atomic E-state index is 0.111. The molecule has 3 nitrogen and oxygen atoms in total. The van der Waals surface area contributed by atoms with Gasteiger partial charge >= 0.3 is 0 Å². The molecule has 0 bridgehead atoms. The van der Waals surface area contributed by atoms with Gasteiger partial charge in [0.1, 0.15) is 6.04 Å². The van der Waals surface area contributed by atoms with E-state index in [0.717, 1.165) is 12.8 Å². The molecule has 1 atom stereocenters. The number of isocyanates is 1. The summed E-state index contributed by atoms with van der Waals surface area (Å²) in [5.74, 6) is 0.405. The smallest absolute Gasteiger partial charge is 0.235 e. The van der Waals surface area contributed by atoms with Crippen LogP contribution in [0, 0.1) is 11.8 Å². The van der Waals surface area contributed by atoms with Gasteiger partial charge in [0, 0.05) is 5.92 Å². The molecule has 0 aromatic rings. The van der Waals surface area contributed by atoms with E-state index in [4.69, 9.17) is 0 Å². The largest absolute Gasteiger partial charge is 0.297 e. The molecule has 0 saturated heterocycles. The van der Waals surface area contributed by atoms with Crippen molar-refractivity contribution in [2.24, 2.45) is 16.8 Å². The molecular weight excluding hydrogens is 154 g/mol. The van der Waals surface area contributed by atoms with Crippen LogP contribution in [0.25, 0.3) is 0 Å². The summed E-state index contributed by atoms with van der Waals surface area (Å²) in [5, 5.41) is 0. The first kappa shape index (κ1) is 9.14. The van der Waals surface area contributed by atoms with Crippen LogP contribution in [-0.4, -0.2) is 17.9 Å². The maximum absolute atomic E-state index is 11.5. The lowest BCUT2D eigenvalue weighted by Gasteiger charge is -2.11. The topological polar surface area (TPSA) is 46.5 Å². The molecule has 0 aromatic carbocycles. The third kappa shape index (κ3) is 2.02. The first-order valence-electron chi connectivity index (χ1n) is 4.27. The SMILES string of the molecule is CC(C)C(N=C=O)C(=O)C1CC1. The van der Waals surface area contributed by atoms with Crippen molar-refractivity contribution in [1.82, 2.24) is 0 Å². The van der Waals surface area contributed by atoms with Gasteiger partial charge in [0.05, 0.1) is 0 Å². The van der Waals surface area contributed by atoms with Crippen LogP contribution in [0.3, 0.4) is 0 Å². The van der Waals surface area contributed by atoms with Crippen molar-refractivity contribution in [3.05, 3.63) is 0 Å². The second kappa shape index (κ2) is 3.63. The Morgan fingerprint density at radius 2 is 2.08 bits per heavy atom. The Kier molecular flexibility index (Phi) is 2.77. The summed E-state index contributed by atoms with van der Waals surface area (Å²) in [4.78, 5) is 25.0. The predicted octanol–water partition coefficient (Wildman–Crippen LogP) is 1.33. The van der Waals surface area contributed by atoms with E-state index in [-0.39, 0.29) is 17.6 Å². The summed E-state index contributed by atoms with van der Waals surface area (Å²) in [6.07, 6.45) is 3.40. The van der Waals surface area contributed by atoms with Crippen LogP contribution in [0.5, 0.6) is 0 Å². The van der Waals surface area contributed by atoms with E-state index in [9.17, 15) is 9.59 Å². The van der Waals surface area contributed by atoms with Crippen LogP contribution in [0.4, 0.5) is 0 Å². The summed E-state index contributed by atoms with van der Waals surface area (Å²) in [5.41, 5.74) is 0. The van der Waals surface area contributed by atoms with E-state index in [1.165, 1.54) is 6.08 Å². The highest BCUT2D eigenvalue weighted by molar-refractivity contribution is 5.89. The molecular formula is C9H13NO2. The molecule has 0 aliphatic heterocycles. The van der Waals surface area contributed by atoms with E-state index in [1.807, 2.05) is 13.8 Å². The Hall–Kier alpha value is -0.950. The molecule has 1 aliphatic rings. The Morgan fingerprint density at radius 1 is 1.50 bits per heavy atom. The molecule has 0 spiro atoms. The van der Waals surface area contributed by atoms with Gasteiger partial charge in [-0.1, -0.05) is 13.8 Å². The summed E-state index contributed by atoms with van der Waals surface area (Å²) >= 11 is 0. The van der Waals surface area contributed by atoms with Gasteiger partial charge < -0.3 is 0 Å². The number of rotatable bonds is 4. The molecule has 0 amide bonds. The molecule has 0 heterocycles. The standard InChI is InChI=1S/C9H13NO2/c1-6(2)8(10-5-11)9(12)7-3-4-7/h6-8H,3-4H2,1-2H3. The average molecular weight is 167 g/mol. The Labute approximate surface area is 71.9 Å². The number of Topliss-reactive ketones (excluding diaryl/α,β-unsaturated/α-hetero) is 1. The van der Waals surface area contributed by atoms with Crippen LogP contribution in [0.1, 0.15) is 26.7 Å². The minimum atomic E-state index is -0.449. The van der Waals surface area contributed by atoms with Gasteiger partial charge in [-0.25, -0.2) is 4.79 Å². The van der Waals surface area contributed by atoms with E-state index < -0.39 is 6.04 Å². The molecule has 0 N–H and O–H groups in total. The molecule has 1 rings (SSSR count). The molecule has 66 valence electrons. The third-order valence-corrected chi connectivity index (χ3v) is 2.09. The van der Waals surface area contributed by atoms with Crippen molar-refractivity contribution in [1.29, 1.82) is 0 Å². The van der Waals surface area contributed by atoms with Crippen molar-refractivity contribution in [2.75, 3.05) is 0 Å². The number of hydrogen-bond donors (Lipinski definition) is 0. The predicted molar refractivity (Wildman–Crippen MR) is 44.5 cm³/mol. The van der Waals surface area contributed by atoms with Crippen molar-refractivity contribution in [3.8, 4) is 0 Å². The zero-order valence-corrected chi connectivity index (χ0v) is 7.41. The van der Waals surface area contributed by atoms with Gasteiger partial charge in [-0.15, -0.1) is 0 Å². The second-order valence-corrected chi connectivity index (χ2v) is 3.59. The molecule has 1 unspecified atom stereocenters. The van der Waals surface area contributed by atoms with Crippen molar-refractivity contribution in [2.45, 2.75) is 32.7 Å². The fourth-order valence-electron chi connectivity index (χ4n) is 1.21. The molecule has 1 saturated carbocycles. The number of aliphatic imine (C=N–C) groups is 1. The molecule has 1 fully saturated rings. The van der Waals surface area contributed by atoms with Crippen molar-refractivity contribution in [3.63, 3.8) is 0 Å². The number of hydrogen-bond acceptors (Lipinski definition) is 3. The molecule has 1 aliphatic carbocycles. The fraction of sp³-hybridized carbons (Fsp3) is 0.778. The third-order valence-electron chi connectivity index (χ3n) is 2.09. The Bertz CT molecular complexity index is 225. The molecule has 3 heteroatoms. The number of nitrogens with zero attached hydrogens (tertiary/aromatic N) is 1. The number of carbonyl (C=O) groups is 1. The molecule has 0 radical (unpaired) electrons. The van der Waals surface area contributed by atoms with Gasteiger partial charge in [0.25, 0.3) is 0 Å². The lowest BCUT2D eigenvalue weighted by molar-refractivity contribution is -0.122. The summed E-state index contributed by atoms with van der Waals surface area (Å²) in [6, 6.07) is -0.449. The maximum Gasteiger partial charge on any atom is 0.235 e. The van der Waals surface area contributed by atoms with Crippen LogP contribution in [0.2, 0.25) is 0 Å². The van der Waals surface area contributed by atoms with Gasteiger partial charge in [0.2, 0.25) is 6.08 Å². The Balaban J connectivity index is 2.63. The van der Waals surface area contributed by atoms with Crippen LogP contribution < -0.4 is 0 Å². The maximum atomic E-state index is 11.5. The normalized spacial score (nSPS) is 18.6. The van der Waals surface area contributed by atoms with E-state index >= 15 is 0 Å². The van der Waals surface area contributed by atoms with Gasteiger partial charge in [0.15, 0.2) is 5.78 Å². The highest BCUT2D eigenvalue weighted by Crippen LogP contribution is 2.32. The van der Waals surface area contributed by atoms with Crippen LogP contribution in [0.15, 0.2) is 4.99 Å². The van der Waals surface area contributed by atoms with E-state index in [1.54, 1.807) is 0 Å². The van der Waals surface area contributed by atoms with Crippen LogP contribution >= 0.6 is 0 Å². The summed E-state index contributed by atoms with van der Waals surface area (Å²) in [7, 11) is 0.